The molecule has 1 aromatic rings. The Morgan fingerprint density at radius 3 is 1.50 bits per heavy atom. The summed E-state index contributed by atoms with van der Waals surface area (Å²) in [5, 5.41) is 23.5. The van der Waals surface area contributed by atoms with Gasteiger partial charge in [0, 0.05) is 26.2 Å². The van der Waals surface area contributed by atoms with Gasteiger partial charge in [0.2, 0.25) is 5.56 Å². The van der Waals surface area contributed by atoms with Crippen LogP contribution in [0.4, 0.5) is 22.7 Å². The zero-order valence-corrected chi connectivity index (χ0v) is 15.6. The molecule has 0 atom stereocenters. The van der Waals surface area contributed by atoms with Crippen LogP contribution in [0.5, 0.6) is 0 Å². The van der Waals surface area contributed by atoms with Gasteiger partial charge in [-0.05, 0) is 33.8 Å². The standard InChI is InChI=1S/C16H24N4O6/c1-6-17(7-2)11-10-12(18(8-3)9-4)15(20(24)25)13(16(21)26-5)14(11)19(22)23/h10H,6-9H2,1-5H3. The number of methoxy groups -OCH3 is 1. The topological polar surface area (TPSA) is 119 Å². The van der Waals surface area contributed by atoms with E-state index in [1.165, 1.54) is 6.07 Å². The predicted octanol–water partition coefficient (Wildman–Crippen LogP) is 2.98. The largest absolute Gasteiger partial charge is 0.465 e. The van der Waals surface area contributed by atoms with E-state index in [1.807, 2.05) is 27.7 Å². The smallest absolute Gasteiger partial charge is 0.352 e. The van der Waals surface area contributed by atoms with Gasteiger partial charge in [0.15, 0.2) is 0 Å². The molecule has 0 fully saturated rings. The van der Waals surface area contributed by atoms with E-state index >= 15 is 0 Å². The number of benzene rings is 1. The van der Waals surface area contributed by atoms with Crippen molar-refractivity contribution in [1.29, 1.82) is 0 Å². The van der Waals surface area contributed by atoms with Crippen molar-refractivity contribution in [3.8, 4) is 0 Å². The van der Waals surface area contributed by atoms with Gasteiger partial charge in [0.25, 0.3) is 0 Å². The molecule has 1 rings (SSSR count). The maximum absolute atomic E-state index is 12.3. The number of nitro benzene ring substituents is 2. The molecular weight excluding hydrogens is 344 g/mol. The van der Waals surface area contributed by atoms with Gasteiger partial charge in [0.1, 0.15) is 11.4 Å². The summed E-state index contributed by atoms with van der Waals surface area (Å²) < 4.78 is 4.64. The lowest BCUT2D eigenvalue weighted by Gasteiger charge is -2.26. The average molecular weight is 368 g/mol. The summed E-state index contributed by atoms with van der Waals surface area (Å²) in [4.78, 5) is 37.6. The second-order valence-electron chi connectivity index (χ2n) is 5.34. The summed E-state index contributed by atoms with van der Waals surface area (Å²) >= 11 is 0. The van der Waals surface area contributed by atoms with Crippen molar-refractivity contribution in [3.05, 3.63) is 31.9 Å². The van der Waals surface area contributed by atoms with Crippen LogP contribution < -0.4 is 9.80 Å². The zero-order valence-electron chi connectivity index (χ0n) is 15.6. The lowest BCUT2D eigenvalue weighted by atomic mass is 10.0. The lowest BCUT2D eigenvalue weighted by Crippen LogP contribution is -2.28. The normalized spacial score (nSPS) is 10.3. The molecular formula is C16H24N4O6. The molecule has 1 aromatic carbocycles. The Labute approximate surface area is 151 Å². The van der Waals surface area contributed by atoms with Crippen molar-refractivity contribution in [1.82, 2.24) is 0 Å². The fraction of sp³-hybridized carbons (Fsp3) is 0.562. The van der Waals surface area contributed by atoms with Crippen LogP contribution in [0.25, 0.3) is 0 Å². The van der Waals surface area contributed by atoms with E-state index in [0.29, 0.717) is 26.2 Å². The molecule has 10 heteroatoms. The molecule has 144 valence electrons. The molecule has 0 spiro atoms. The van der Waals surface area contributed by atoms with E-state index in [9.17, 15) is 25.0 Å². The van der Waals surface area contributed by atoms with Gasteiger partial charge in [-0.1, -0.05) is 0 Å². The Morgan fingerprint density at radius 1 is 0.923 bits per heavy atom. The Bertz CT molecular complexity index is 650. The first kappa shape index (κ1) is 21.1. The summed E-state index contributed by atoms with van der Waals surface area (Å²) in [6.45, 7) is 8.99. The number of esters is 1. The van der Waals surface area contributed by atoms with Crippen LogP contribution in [0.2, 0.25) is 0 Å². The molecule has 10 nitrogen and oxygen atoms in total. The first-order valence-corrected chi connectivity index (χ1v) is 8.36. The van der Waals surface area contributed by atoms with Crippen LogP contribution in [-0.4, -0.2) is 49.1 Å². The average Bonchev–Trinajstić information content (AvgIpc) is 2.61. The van der Waals surface area contributed by atoms with Crippen molar-refractivity contribution >= 4 is 28.7 Å². The van der Waals surface area contributed by atoms with E-state index in [4.69, 9.17) is 0 Å². The highest BCUT2D eigenvalue weighted by atomic mass is 16.6. The van der Waals surface area contributed by atoms with Gasteiger partial charge in [-0.25, -0.2) is 4.79 Å². The quantitative estimate of drug-likeness (QED) is 0.371. The number of carbonyl (C=O) groups excluding carboxylic acids is 1. The Hall–Kier alpha value is -2.91. The number of hydrogen-bond donors (Lipinski definition) is 0. The molecule has 26 heavy (non-hydrogen) atoms. The minimum atomic E-state index is -1.11. The summed E-state index contributed by atoms with van der Waals surface area (Å²) in [5.74, 6) is -1.11. The Balaban J connectivity index is 4.11. The monoisotopic (exact) mass is 368 g/mol. The highest BCUT2D eigenvalue weighted by molar-refractivity contribution is 6.04. The zero-order chi connectivity index (χ0) is 20.0. The van der Waals surface area contributed by atoms with E-state index in [1.54, 1.807) is 9.80 Å². The fourth-order valence-corrected chi connectivity index (χ4v) is 2.91. The number of anilines is 2. The third kappa shape index (κ3) is 3.84. The van der Waals surface area contributed by atoms with Crippen LogP contribution in [-0.2, 0) is 4.74 Å². The van der Waals surface area contributed by atoms with Crippen LogP contribution in [0.15, 0.2) is 6.07 Å². The highest BCUT2D eigenvalue weighted by Crippen LogP contribution is 2.44. The lowest BCUT2D eigenvalue weighted by molar-refractivity contribution is -0.393. The Kier molecular flexibility index (Phi) is 7.29. The molecule has 0 bridgehead atoms. The van der Waals surface area contributed by atoms with Gasteiger partial charge < -0.3 is 14.5 Å². The van der Waals surface area contributed by atoms with Crippen molar-refractivity contribution in [3.63, 3.8) is 0 Å². The Morgan fingerprint density at radius 2 is 1.27 bits per heavy atom. The fourth-order valence-electron chi connectivity index (χ4n) is 2.91. The van der Waals surface area contributed by atoms with Crippen LogP contribution in [0, 0.1) is 20.2 Å². The molecule has 0 heterocycles. The SMILES string of the molecule is CCN(CC)c1cc(N(CC)CC)c([N+](=O)[O-])c(C(=O)OC)c1[N+](=O)[O-]. The summed E-state index contributed by atoms with van der Waals surface area (Å²) in [5.41, 5.74) is -1.53. The maximum Gasteiger partial charge on any atom is 0.352 e. The van der Waals surface area contributed by atoms with Crippen LogP contribution >= 0.6 is 0 Å². The van der Waals surface area contributed by atoms with Gasteiger partial charge in [-0.15, -0.1) is 0 Å². The van der Waals surface area contributed by atoms with Crippen molar-refractivity contribution in [2.45, 2.75) is 27.7 Å². The van der Waals surface area contributed by atoms with Crippen molar-refractivity contribution < 1.29 is 19.4 Å². The van der Waals surface area contributed by atoms with E-state index in [0.717, 1.165) is 7.11 Å². The first-order chi connectivity index (χ1) is 12.3. The second-order valence-corrected chi connectivity index (χ2v) is 5.34. The van der Waals surface area contributed by atoms with Crippen LogP contribution in [0.3, 0.4) is 0 Å². The molecule has 0 radical (unpaired) electrons. The van der Waals surface area contributed by atoms with Gasteiger partial charge in [0.05, 0.1) is 17.0 Å². The van der Waals surface area contributed by atoms with E-state index in [2.05, 4.69) is 4.74 Å². The molecule has 0 amide bonds. The molecule has 0 aliphatic rings. The van der Waals surface area contributed by atoms with E-state index < -0.39 is 32.8 Å². The molecule has 0 N–H and O–H groups in total. The van der Waals surface area contributed by atoms with Gasteiger partial charge in [-0.2, -0.15) is 0 Å². The predicted molar refractivity (Wildman–Crippen MR) is 98.2 cm³/mol. The number of nitrogens with zero attached hydrogens (tertiary/aromatic N) is 4. The third-order valence-corrected chi connectivity index (χ3v) is 4.20. The molecule has 0 saturated heterocycles. The molecule has 0 aliphatic carbocycles. The highest BCUT2D eigenvalue weighted by Gasteiger charge is 2.40. The first-order valence-electron chi connectivity index (χ1n) is 8.36. The van der Waals surface area contributed by atoms with E-state index in [-0.39, 0.29) is 11.4 Å². The summed E-state index contributed by atoms with van der Waals surface area (Å²) in [6.07, 6.45) is 0. The van der Waals surface area contributed by atoms with Crippen LogP contribution in [0.1, 0.15) is 38.1 Å². The summed E-state index contributed by atoms with van der Waals surface area (Å²) in [6, 6.07) is 1.42. The summed E-state index contributed by atoms with van der Waals surface area (Å²) in [7, 11) is 1.04. The molecule has 0 aliphatic heterocycles. The minimum Gasteiger partial charge on any atom is -0.465 e. The third-order valence-electron chi connectivity index (χ3n) is 4.20. The number of carbonyl (C=O) groups is 1. The van der Waals surface area contributed by atoms with Crippen molar-refractivity contribution in [2.75, 3.05) is 43.1 Å². The minimum absolute atomic E-state index is 0.160. The van der Waals surface area contributed by atoms with Crippen molar-refractivity contribution in [2.24, 2.45) is 0 Å². The number of ether oxygens (including phenoxy) is 1. The van der Waals surface area contributed by atoms with Gasteiger partial charge >= 0.3 is 17.3 Å². The molecule has 0 unspecified atom stereocenters. The number of hydrogen-bond acceptors (Lipinski definition) is 8. The number of nitro groups is 2. The number of rotatable bonds is 9. The molecule has 0 aromatic heterocycles. The maximum atomic E-state index is 12.3. The van der Waals surface area contributed by atoms with Gasteiger partial charge in [-0.3, -0.25) is 20.2 Å². The molecule has 0 saturated carbocycles. The second kappa shape index (κ2) is 8.97.